The molecule has 3 N–H and O–H groups in total. The first-order valence-corrected chi connectivity index (χ1v) is 16.4. The predicted octanol–water partition coefficient (Wildman–Crippen LogP) is 11.9. The molecule has 0 aliphatic carbocycles. The maximum absolute atomic E-state index is 9.75. The van der Waals surface area contributed by atoms with Gasteiger partial charge in [0.15, 0.2) is 0 Å². The topological polar surface area (TPSA) is 27.6 Å². The molecule has 0 saturated carbocycles. The van der Waals surface area contributed by atoms with Gasteiger partial charge < -0.3 is 23.0 Å². The van der Waals surface area contributed by atoms with Crippen LogP contribution in [0, 0.1) is 0 Å². The fourth-order valence-corrected chi connectivity index (χ4v) is 5.28. The lowest BCUT2D eigenvalue weighted by Gasteiger charge is -2.26. The first kappa shape index (κ1) is 38.9. The van der Waals surface area contributed by atoms with Gasteiger partial charge in [-0.05, 0) is 19.3 Å². The van der Waals surface area contributed by atoms with Crippen molar-refractivity contribution in [2.45, 2.75) is 200 Å². The van der Waals surface area contributed by atoms with Crippen LogP contribution in [-0.2, 0) is 0 Å². The molecule has 226 valence electrons. The van der Waals surface area contributed by atoms with Gasteiger partial charge in [0, 0.05) is 19.3 Å². The summed E-state index contributed by atoms with van der Waals surface area (Å²) >= 11 is 0. The minimum Gasteiger partial charge on any atom is -0.418 e. The van der Waals surface area contributed by atoms with Crippen molar-refractivity contribution in [3.8, 4) is 0 Å². The zero-order valence-electron chi connectivity index (χ0n) is 25.4. The Labute approximate surface area is 230 Å². The highest BCUT2D eigenvalue weighted by molar-refractivity contribution is 6.50. The minimum absolute atomic E-state index is 0.382. The van der Waals surface area contributed by atoms with Crippen molar-refractivity contribution in [2.24, 2.45) is 0 Å². The van der Waals surface area contributed by atoms with E-state index in [9.17, 15) is 17.3 Å². The third kappa shape index (κ3) is 38.0. The maximum atomic E-state index is 9.75. The fourth-order valence-electron chi connectivity index (χ4n) is 5.28. The van der Waals surface area contributed by atoms with Gasteiger partial charge in [0.25, 0.3) is 0 Å². The molecule has 0 rings (SSSR count). The number of hydrogen-bond donors (Lipinski definition) is 1. The molecular formula is C31H66BF4N. The van der Waals surface area contributed by atoms with Crippen LogP contribution in [0.15, 0.2) is 0 Å². The monoisotopic (exact) mass is 540 g/mol. The second kappa shape index (κ2) is 28.7. The summed E-state index contributed by atoms with van der Waals surface area (Å²) < 4.78 is 39.0. The van der Waals surface area contributed by atoms with Gasteiger partial charge >= 0.3 is 7.25 Å². The van der Waals surface area contributed by atoms with Gasteiger partial charge in [-0.3, -0.25) is 0 Å². The van der Waals surface area contributed by atoms with Crippen LogP contribution in [-0.4, -0.2) is 12.8 Å². The zero-order valence-corrected chi connectivity index (χ0v) is 25.4. The van der Waals surface area contributed by atoms with E-state index in [2.05, 4.69) is 20.8 Å². The standard InChI is InChI=1S/C31H65N.BF4/c1-4-7-10-13-16-19-22-25-28-31(32,29-26-23-20-17-14-11-8-5-2)30-27-24-21-18-15-12-9-6-3;2-1(3,4)5/h4-30,32H2,1-3H3;/q;-1/p+1. The zero-order chi connectivity index (χ0) is 28.1. The Morgan fingerprint density at radius 3 is 0.730 bits per heavy atom. The lowest BCUT2D eigenvalue weighted by molar-refractivity contribution is -0.484. The smallest absolute Gasteiger partial charge is 0.418 e. The maximum Gasteiger partial charge on any atom is 0.673 e. The van der Waals surface area contributed by atoms with E-state index in [0.717, 1.165) is 0 Å². The van der Waals surface area contributed by atoms with Crippen LogP contribution in [0.3, 0.4) is 0 Å². The molecule has 0 aliphatic heterocycles. The van der Waals surface area contributed by atoms with Crippen LogP contribution < -0.4 is 5.73 Å². The third-order valence-corrected chi connectivity index (χ3v) is 7.68. The molecular weight excluding hydrogens is 473 g/mol. The minimum atomic E-state index is -6.00. The molecule has 6 heteroatoms. The van der Waals surface area contributed by atoms with Crippen molar-refractivity contribution in [2.75, 3.05) is 0 Å². The molecule has 0 unspecified atom stereocenters. The van der Waals surface area contributed by atoms with Crippen molar-refractivity contribution in [3.63, 3.8) is 0 Å². The van der Waals surface area contributed by atoms with Crippen molar-refractivity contribution in [1.82, 2.24) is 0 Å². The Hall–Kier alpha value is -0.255. The molecule has 0 amide bonds. The molecule has 0 bridgehead atoms. The van der Waals surface area contributed by atoms with Crippen LogP contribution in [0.25, 0.3) is 0 Å². The lowest BCUT2D eigenvalue weighted by atomic mass is 9.82. The molecule has 37 heavy (non-hydrogen) atoms. The number of halogens is 4. The van der Waals surface area contributed by atoms with Gasteiger partial charge in [-0.1, -0.05) is 156 Å². The highest BCUT2D eigenvalue weighted by atomic mass is 19.5. The van der Waals surface area contributed by atoms with E-state index in [1.165, 1.54) is 173 Å². The molecule has 0 heterocycles. The molecule has 0 fully saturated rings. The molecule has 0 aliphatic rings. The normalized spacial score (nSPS) is 12.0. The van der Waals surface area contributed by atoms with Crippen LogP contribution in [0.5, 0.6) is 0 Å². The van der Waals surface area contributed by atoms with E-state index < -0.39 is 7.25 Å². The summed E-state index contributed by atoms with van der Waals surface area (Å²) in [7, 11) is -6.00. The Kier molecular flexibility index (Phi) is 30.2. The van der Waals surface area contributed by atoms with Gasteiger partial charge in [0.2, 0.25) is 0 Å². The van der Waals surface area contributed by atoms with E-state index in [1.54, 1.807) is 0 Å². The van der Waals surface area contributed by atoms with Crippen molar-refractivity contribution >= 4 is 7.25 Å². The summed E-state index contributed by atoms with van der Waals surface area (Å²) in [4.78, 5) is 0. The van der Waals surface area contributed by atoms with Crippen LogP contribution >= 0.6 is 0 Å². The number of rotatable bonds is 27. The SMILES string of the molecule is CCCCCCCCCCC([NH3+])(CCCCCCCCCC)CCCCCCCCCC.F[B-](F)(F)F. The second-order valence-electron chi connectivity index (χ2n) is 11.7. The summed E-state index contributed by atoms with van der Waals surface area (Å²) in [5.74, 6) is 0. The summed E-state index contributed by atoms with van der Waals surface area (Å²) in [6.07, 6.45) is 38.6. The van der Waals surface area contributed by atoms with Gasteiger partial charge in [0.1, 0.15) is 0 Å². The molecule has 0 aromatic rings. The van der Waals surface area contributed by atoms with Gasteiger partial charge in [-0.2, -0.15) is 0 Å². The highest BCUT2D eigenvalue weighted by Gasteiger charge is 2.27. The highest BCUT2D eigenvalue weighted by Crippen LogP contribution is 2.25. The van der Waals surface area contributed by atoms with E-state index in [1.807, 2.05) is 0 Å². The third-order valence-electron chi connectivity index (χ3n) is 7.68. The number of hydrogen-bond acceptors (Lipinski definition) is 0. The van der Waals surface area contributed by atoms with Gasteiger partial charge in [0.05, 0.1) is 5.54 Å². The molecule has 0 aromatic heterocycles. The summed E-state index contributed by atoms with van der Waals surface area (Å²) in [6, 6.07) is 0. The number of quaternary nitrogens is 1. The first-order chi connectivity index (χ1) is 17.7. The van der Waals surface area contributed by atoms with E-state index in [-0.39, 0.29) is 0 Å². The van der Waals surface area contributed by atoms with Crippen LogP contribution in [0.4, 0.5) is 17.3 Å². The predicted molar refractivity (Wildman–Crippen MR) is 157 cm³/mol. The molecule has 0 aromatic carbocycles. The summed E-state index contributed by atoms with van der Waals surface area (Å²) in [5.41, 5.74) is 5.23. The molecule has 0 radical (unpaired) electrons. The largest absolute Gasteiger partial charge is 0.673 e. The Morgan fingerprint density at radius 2 is 0.541 bits per heavy atom. The summed E-state index contributed by atoms with van der Waals surface area (Å²) in [5, 5.41) is 0. The van der Waals surface area contributed by atoms with E-state index >= 15 is 0 Å². The fraction of sp³-hybridized carbons (Fsp3) is 1.00. The lowest BCUT2D eigenvalue weighted by Crippen LogP contribution is -2.72. The molecule has 0 spiro atoms. The van der Waals surface area contributed by atoms with Crippen LogP contribution in [0.1, 0.15) is 194 Å². The average molecular weight is 540 g/mol. The van der Waals surface area contributed by atoms with Crippen molar-refractivity contribution in [3.05, 3.63) is 0 Å². The molecule has 0 atom stereocenters. The van der Waals surface area contributed by atoms with E-state index in [0.29, 0.717) is 5.54 Å². The van der Waals surface area contributed by atoms with Gasteiger partial charge in [-0.25, -0.2) is 0 Å². The first-order valence-electron chi connectivity index (χ1n) is 16.4. The molecule has 0 saturated heterocycles. The van der Waals surface area contributed by atoms with Gasteiger partial charge in [-0.15, -0.1) is 0 Å². The van der Waals surface area contributed by atoms with Crippen molar-refractivity contribution in [1.29, 1.82) is 0 Å². The second-order valence-corrected chi connectivity index (χ2v) is 11.7. The quantitative estimate of drug-likeness (QED) is 0.0611. The average Bonchev–Trinajstić information content (AvgIpc) is 2.83. The molecule has 1 nitrogen and oxygen atoms in total. The Bertz CT molecular complexity index is 376. The van der Waals surface area contributed by atoms with E-state index in [4.69, 9.17) is 5.73 Å². The van der Waals surface area contributed by atoms with Crippen molar-refractivity contribution < 1.29 is 23.0 Å². The Balaban J connectivity index is 0. The van der Waals surface area contributed by atoms with Crippen LogP contribution in [0.2, 0.25) is 0 Å². The number of unbranched alkanes of at least 4 members (excludes halogenated alkanes) is 21. The summed E-state index contributed by atoms with van der Waals surface area (Å²) in [6.45, 7) is 6.94. The Morgan fingerprint density at radius 1 is 0.378 bits per heavy atom.